The summed E-state index contributed by atoms with van der Waals surface area (Å²) in [6.45, 7) is 0.563. The van der Waals surface area contributed by atoms with Crippen molar-refractivity contribution in [1.82, 2.24) is 15.0 Å². The van der Waals surface area contributed by atoms with Crippen molar-refractivity contribution in [2.45, 2.75) is 25.8 Å². The summed E-state index contributed by atoms with van der Waals surface area (Å²) in [4.78, 5) is 10.7. The number of rotatable bonds is 3. The number of carboxylic acids is 1. The summed E-state index contributed by atoms with van der Waals surface area (Å²) in [5.74, 6) is -1.05. The minimum absolute atomic E-state index is 0.0174. The molecule has 0 radical (unpaired) electrons. The quantitative estimate of drug-likeness (QED) is 0.887. The van der Waals surface area contributed by atoms with Crippen LogP contribution in [-0.2, 0) is 19.4 Å². The summed E-state index contributed by atoms with van der Waals surface area (Å²) in [5, 5.41) is 16.2. The van der Waals surface area contributed by atoms with Crippen molar-refractivity contribution in [1.29, 1.82) is 0 Å². The molecule has 2 aromatic rings. The van der Waals surface area contributed by atoms with Crippen LogP contribution in [0.25, 0.3) is 0 Å². The number of hydrogen-bond donors (Lipinski definition) is 1. The highest BCUT2D eigenvalue weighted by atomic mass is 16.4. The van der Waals surface area contributed by atoms with Gasteiger partial charge in [0.05, 0.1) is 12.7 Å². The van der Waals surface area contributed by atoms with Gasteiger partial charge in [0.15, 0.2) is 5.69 Å². The summed E-state index contributed by atoms with van der Waals surface area (Å²) in [7, 11) is 0. The molecule has 1 aliphatic carbocycles. The molecule has 0 unspecified atom stereocenters. The molecule has 3 rings (SSSR count). The van der Waals surface area contributed by atoms with Gasteiger partial charge in [0.1, 0.15) is 0 Å². The Bertz CT molecular complexity index is 604. The third-order valence-electron chi connectivity index (χ3n) is 3.27. The molecular weight excluding hydrogens is 230 g/mol. The number of benzene rings is 1. The second kappa shape index (κ2) is 4.25. The van der Waals surface area contributed by atoms with E-state index in [9.17, 15) is 4.79 Å². The first-order valence-electron chi connectivity index (χ1n) is 5.96. The van der Waals surface area contributed by atoms with Crippen LogP contribution in [0.5, 0.6) is 0 Å². The van der Waals surface area contributed by atoms with E-state index in [1.165, 1.54) is 30.2 Å². The van der Waals surface area contributed by atoms with Gasteiger partial charge in [-0.15, -0.1) is 5.10 Å². The lowest BCUT2D eigenvalue weighted by atomic mass is 10.1. The molecule has 1 aliphatic rings. The Morgan fingerprint density at radius 2 is 2.17 bits per heavy atom. The Labute approximate surface area is 104 Å². The number of aromatic carboxylic acids is 1. The van der Waals surface area contributed by atoms with Crippen LogP contribution >= 0.6 is 0 Å². The van der Waals surface area contributed by atoms with E-state index >= 15 is 0 Å². The highest BCUT2D eigenvalue weighted by Crippen LogP contribution is 2.23. The van der Waals surface area contributed by atoms with E-state index in [2.05, 4.69) is 28.5 Å². The lowest BCUT2D eigenvalue weighted by Crippen LogP contribution is -2.01. The van der Waals surface area contributed by atoms with Gasteiger partial charge in [-0.2, -0.15) is 0 Å². The molecule has 0 aliphatic heterocycles. The normalized spacial score (nSPS) is 13.6. The van der Waals surface area contributed by atoms with Crippen molar-refractivity contribution in [3.8, 4) is 0 Å². The second-order valence-electron chi connectivity index (χ2n) is 4.56. The van der Waals surface area contributed by atoms with E-state index in [-0.39, 0.29) is 5.69 Å². The average molecular weight is 243 g/mol. The smallest absolute Gasteiger partial charge is 0.358 e. The van der Waals surface area contributed by atoms with Crippen LogP contribution in [0.2, 0.25) is 0 Å². The van der Waals surface area contributed by atoms with Crippen LogP contribution in [0.1, 0.15) is 33.6 Å². The monoisotopic (exact) mass is 243 g/mol. The number of carbonyl (C=O) groups is 1. The Morgan fingerprint density at radius 3 is 2.94 bits per heavy atom. The van der Waals surface area contributed by atoms with Gasteiger partial charge in [-0.1, -0.05) is 23.4 Å². The molecular formula is C13H13N3O2. The highest BCUT2D eigenvalue weighted by molar-refractivity contribution is 5.84. The maximum atomic E-state index is 10.7. The Balaban J connectivity index is 1.81. The fourth-order valence-corrected chi connectivity index (χ4v) is 2.38. The van der Waals surface area contributed by atoms with Gasteiger partial charge in [-0.3, -0.25) is 0 Å². The Kier molecular flexibility index (Phi) is 2.59. The fourth-order valence-electron chi connectivity index (χ4n) is 2.38. The van der Waals surface area contributed by atoms with Gasteiger partial charge in [0.25, 0.3) is 0 Å². The van der Waals surface area contributed by atoms with E-state index in [0.29, 0.717) is 6.54 Å². The van der Waals surface area contributed by atoms with Gasteiger partial charge in [-0.25, -0.2) is 9.48 Å². The molecule has 0 fully saturated rings. The van der Waals surface area contributed by atoms with E-state index < -0.39 is 5.97 Å². The maximum Gasteiger partial charge on any atom is 0.358 e. The van der Waals surface area contributed by atoms with Crippen LogP contribution in [-0.4, -0.2) is 26.1 Å². The zero-order chi connectivity index (χ0) is 12.5. The molecule has 0 spiro atoms. The average Bonchev–Trinajstić information content (AvgIpc) is 2.96. The zero-order valence-electron chi connectivity index (χ0n) is 9.83. The summed E-state index contributed by atoms with van der Waals surface area (Å²) < 4.78 is 1.56. The molecule has 92 valence electrons. The van der Waals surface area contributed by atoms with Crippen molar-refractivity contribution < 1.29 is 9.90 Å². The number of nitrogens with zero attached hydrogens (tertiary/aromatic N) is 3. The molecule has 1 heterocycles. The van der Waals surface area contributed by atoms with Crippen LogP contribution in [0.15, 0.2) is 24.4 Å². The lowest BCUT2D eigenvalue weighted by molar-refractivity contribution is 0.0690. The highest BCUT2D eigenvalue weighted by Gasteiger charge is 2.12. The van der Waals surface area contributed by atoms with Crippen molar-refractivity contribution in [3.63, 3.8) is 0 Å². The minimum atomic E-state index is -1.05. The first-order chi connectivity index (χ1) is 8.72. The van der Waals surface area contributed by atoms with Crippen molar-refractivity contribution in [3.05, 3.63) is 46.8 Å². The summed E-state index contributed by atoms with van der Waals surface area (Å²) >= 11 is 0. The molecule has 0 saturated heterocycles. The fraction of sp³-hybridized carbons (Fsp3) is 0.308. The summed E-state index contributed by atoms with van der Waals surface area (Å²) in [6, 6.07) is 6.42. The van der Waals surface area contributed by atoms with Crippen LogP contribution in [0.4, 0.5) is 0 Å². The number of hydrogen-bond acceptors (Lipinski definition) is 3. The largest absolute Gasteiger partial charge is 0.476 e. The summed E-state index contributed by atoms with van der Waals surface area (Å²) in [5.41, 5.74) is 3.96. The van der Waals surface area contributed by atoms with E-state index in [1.807, 2.05) is 0 Å². The van der Waals surface area contributed by atoms with Crippen molar-refractivity contribution in [2.75, 3.05) is 0 Å². The molecule has 0 bridgehead atoms. The van der Waals surface area contributed by atoms with Crippen molar-refractivity contribution >= 4 is 5.97 Å². The zero-order valence-corrected chi connectivity index (χ0v) is 9.83. The van der Waals surface area contributed by atoms with Gasteiger partial charge in [-0.05, 0) is 36.0 Å². The number of carboxylic acid groups (broad SMARTS) is 1. The van der Waals surface area contributed by atoms with Crippen LogP contribution in [0.3, 0.4) is 0 Å². The predicted octanol–water partition coefficient (Wildman–Crippen LogP) is 1.51. The second-order valence-corrected chi connectivity index (χ2v) is 4.56. The van der Waals surface area contributed by atoms with Gasteiger partial charge >= 0.3 is 5.97 Å². The van der Waals surface area contributed by atoms with E-state index in [0.717, 1.165) is 12.0 Å². The molecule has 0 atom stereocenters. The first kappa shape index (κ1) is 11.0. The van der Waals surface area contributed by atoms with Crippen LogP contribution in [0, 0.1) is 0 Å². The molecule has 18 heavy (non-hydrogen) atoms. The Hall–Kier alpha value is -2.17. The topological polar surface area (TPSA) is 68.0 Å². The molecule has 1 N–H and O–H groups in total. The van der Waals surface area contributed by atoms with Crippen LogP contribution < -0.4 is 0 Å². The number of aromatic nitrogens is 3. The number of fused-ring (bicyclic) bond motifs is 1. The van der Waals surface area contributed by atoms with Crippen molar-refractivity contribution in [2.24, 2.45) is 0 Å². The molecule has 5 heteroatoms. The van der Waals surface area contributed by atoms with Gasteiger partial charge < -0.3 is 5.11 Å². The SMILES string of the molecule is O=C(O)c1cn(Cc2ccc3c(c2)CCC3)nn1. The first-order valence-corrected chi connectivity index (χ1v) is 5.96. The van der Waals surface area contributed by atoms with Gasteiger partial charge in [0, 0.05) is 0 Å². The summed E-state index contributed by atoms with van der Waals surface area (Å²) in [6.07, 6.45) is 4.99. The van der Waals surface area contributed by atoms with Gasteiger partial charge in [0.2, 0.25) is 0 Å². The predicted molar refractivity (Wildman–Crippen MR) is 64.6 cm³/mol. The van der Waals surface area contributed by atoms with E-state index in [1.54, 1.807) is 4.68 Å². The maximum absolute atomic E-state index is 10.7. The third-order valence-corrected chi connectivity index (χ3v) is 3.27. The number of aryl methyl sites for hydroxylation is 2. The third kappa shape index (κ3) is 1.99. The molecule has 0 amide bonds. The molecule has 5 nitrogen and oxygen atoms in total. The minimum Gasteiger partial charge on any atom is -0.476 e. The molecule has 0 saturated carbocycles. The molecule has 1 aromatic heterocycles. The Morgan fingerprint density at radius 1 is 1.33 bits per heavy atom. The van der Waals surface area contributed by atoms with E-state index in [4.69, 9.17) is 5.11 Å². The lowest BCUT2D eigenvalue weighted by Gasteiger charge is -2.04. The standard InChI is InChI=1S/C13H13N3O2/c17-13(18)12-8-16(15-14-12)7-9-4-5-10-2-1-3-11(10)6-9/h4-6,8H,1-3,7H2,(H,17,18). The molecule has 1 aromatic carbocycles.